The van der Waals surface area contributed by atoms with Gasteiger partial charge in [0.1, 0.15) is 6.04 Å². The van der Waals surface area contributed by atoms with E-state index in [4.69, 9.17) is 5.11 Å². The number of aliphatic hydroxyl groups excluding tert-OH is 1. The van der Waals surface area contributed by atoms with Gasteiger partial charge in [0.25, 0.3) is 5.91 Å². The van der Waals surface area contributed by atoms with E-state index < -0.39 is 6.04 Å². The molecule has 98 valence electrons. The summed E-state index contributed by atoms with van der Waals surface area (Å²) in [5, 5.41) is 14.0. The maximum atomic E-state index is 11.8. The van der Waals surface area contributed by atoms with E-state index in [1.54, 1.807) is 38.1 Å². The van der Waals surface area contributed by atoms with Crippen molar-refractivity contribution < 1.29 is 14.7 Å². The number of aliphatic hydroxyl groups is 1. The average Bonchev–Trinajstić information content (AvgIpc) is 2.39. The molecule has 1 aromatic carbocycles. The van der Waals surface area contributed by atoms with Crippen molar-refractivity contribution in [1.29, 1.82) is 0 Å². The van der Waals surface area contributed by atoms with Gasteiger partial charge in [0, 0.05) is 11.6 Å². The number of carbonyl (C=O) groups is 2. The fourth-order valence-corrected chi connectivity index (χ4v) is 1.35. The van der Waals surface area contributed by atoms with Crippen LogP contribution in [0.3, 0.4) is 0 Å². The van der Waals surface area contributed by atoms with E-state index >= 15 is 0 Å². The number of rotatable bonds is 5. The third-order valence-electron chi connectivity index (χ3n) is 2.44. The van der Waals surface area contributed by atoms with Crippen molar-refractivity contribution in [3.05, 3.63) is 35.9 Å². The van der Waals surface area contributed by atoms with Gasteiger partial charge in [0.2, 0.25) is 5.91 Å². The van der Waals surface area contributed by atoms with Gasteiger partial charge in [-0.05, 0) is 26.0 Å². The summed E-state index contributed by atoms with van der Waals surface area (Å²) in [7, 11) is 0. The molecule has 0 spiro atoms. The van der Waals surface area contributed by atoms with Gasteiger partial charge in [0.05, 0.1) is 6.61 Å². The molecule has 2 amide bonds. The van der Waals surface area contributed by atoms with E-state index in [0.29, 0.717) is 5.56 Å². The van der Waals surface area contributed by atoms with Crippen LogP contribution in [-0.2, 0) is 4.79 Å². The molecule has 1 rings (SSSR count). The summed E-state index contributed by atoms with van der Waals surface area (Å²) in [6.07, 6.45) is 0. The molecule has 0 fully saturated rings. The molecule has 3 N–H and O–H groups in total. The van der Waals surface area contributed by atoms with Gasteiger partial charge in [-0.3, -0.25) is 9.59 Å². The van der Waals surface area contributed by atoms with E-state index in [1.807, 2.05) is 6.07 Å². The highest BCUT2D eigenvalue weighted by Crippen LogP contribution is 1.99. The molecule has 5 nitrogen and oxygen atoms in total. The Morgan fingerprint density at radius 3 is 2.33 bits per heavy atom. The second-order valence-electron chi connectivity index (χ2n) is 4.15. The molecule has 0 aliphatic carbocycles. The Morgan fingerprint density at radius 2 is 1.78 bits per heavy atom. The van der Waals surface area contributed by atoms with Crippen molar-refractivity contribution in [1.82, 2.24) is 10.6 Å². The molecule has 18 heavy (non-hydrogen) atoms. The highest BCUT2D eigenvalue weighted by Gasteiger charge is 2.17. The van der Waals surface area contributed by atoms with E-state index in [1.165, 1.54) is 0 Å². The first-order valence-electron chi connectivity index (χ1n) is 5.81. The van der Waals surface area contributed by atoms with Crippen molar-refractivity contribution in [2.75, 3.05) is 6.61 Å². The second-order valence-corrected chi connectivity index (χ2v) is 4.15. The van der Waals surface area contributed by atoms with Gasteiger partial charge in [-0.2, -0.15) is 0 Å². The summed E-state index contributed by atoms with van der Waals surface area (Å²) in [5.41, 5.74) is 0.507. The SMILES string of the molecule is CC(NC(=O)c1ccccc1)C(=O)N[C@@H](C)CO. The molecule has 5 heteroatoms. The van der Waals surface area contributed by atoms with Crippen LogP contribution in [0.2, 0.25) is 0 Å². The Kier molecular flexibility index (Phi) is 5.32. The summed E-state index contributed by atoms with van der Waals surface area (Å²) in [4.78, 5) is 23.4. The predicted molar refractivity (Wildman–Crippen MR) is 68.1 cm³/mol. The van der Waals surface area contributed by atoms with Crippen molar-refractivity contribution in [3.8, 4) is 0 Å². The van der Waals surface area contributed by atoms with Crippen molar-refractivity contribution in [3.63, 3.8) is 0 Å². The lowest BCUT2D eigenvalue weighted by Gasteiger charge is -2.17. The summed E-state index contributed by atoms with van der Waals surface area (Å²) in [5.74, 6) is -0.615. The monoisotopic (exact) mass is 250 g/mol. The first-order chi connectivity index (χ1) is 8.54. The zero-order chi connectivity index (χ0) is 13.5. The highest BCUT2D eigenvalue weighted by molar-refractivity contribution is 5.97. The van der Waals surface area contributed by atoms with Crippen LogP contribution in [-0.4, -0.2) is 35.6 Å². The van der Waals surface area contributed by atoms with Crippen LogP contribution in [0.4, 0.5) is 0 Å². The normalized spacial score (nSPS) is 13.5. The highest BCUT2D eigenvalue weighted by atomic mass is 16.3. The summed E-state index contributed by atoms with van der Waals surface area (Å²) in [6, 6.07) is 7.71. The molecular weight excluding hydrogens is 232 g/mol. The molecule has 0 aliphatic rings. The lowest BCUT2D eigenvalue weighted by molar-refractivity contribution is -0.123. The van der Waals surface area contributed by atoms with Crippen LogP contribution in [0.1, 0.15) is 24.2 Å². The molecule has 0 aromatic heterocycles. The maximum Gasteiger partial charge on any atom is 0.251 e. The molecule has 0 radical (unpaired) electrons. The molecule has 2 atom stereocenters. The molecule has 0 aliphatic heterocycles. The molecule has 0 bridgehead atoms. The minimum absolute atomic E-state index is 0.134. The molecule has 0 saturated carbocycles. The van der Waals surface area contributed by atoms with Gasteiger partial charge in [-0.25, -0.2) is 0 Å². The van der Waals surface area contributed by atoms with E-state index in [0.717, 1.165) is 0 Å². The van der Waals surface area contributed by atoms with Gasteiger partial charge < -0.3 is 15.7 Å². The Labute approximate surface area is 106 Å². The van der Waals surface area contributed by atoms with Crippen LogP contribution in [0, 0.1) is 0 Å². The lowest BCUT2D eigenvalue weighted by atomic mass is 10.2. The smallest absolute Gasteiger partial charge is 0.251 e. The average molecular weight is 250 g/mol. The van der Waals surface area contributed by atoms with Crippen LogP contribution in [0.15, 0.2) is 30.3 Å². The minimum atomic E-state index is -0.647. The van der Waals surface area contributed by atoms with Gasteiger partial charge >= 0.3 is 0 Å². The van der Waals surface area contributed by atoms with Crippen LogP contribution in [0.5, 0.6) is 0 Å². The van der Waals surface area contributed by atoms with E-state index in [9.17, 15) is 9.59 Å². The first kappa shape index (κ1) is 14.2. The number of carbonyl (C=O) groups excluding carboxylic acids is 2. The van der Waals surface area contributed by atoms with Crippen LogP contribution in [0.25, 0.3) is 0 Å². The van der Waals surface area contributed by atoms with Gasteiger partial charge in [0.15, 0.2) is 0 Å². The molecule has 0 saturated heterocycles. The number of nitrogens with one attached hydrogen (secondary N) is 2. The summed E-state index contributed by atoms with van der Waals surface area (Å²) >= 11 is 0. The molecule has 0 heterocycles. The number of benzene rings is 1. The minimum Gasteiger partial charge on any atom is -0.394 e. The number of hydrogen-bond donors (Lipinski definition) is 3. The molecule has 1 unspecified atom stereocenters. The molecular formula is C13H18N2O3. The standard InChI is InChI=1S/C13H18N2O3/c1-9(8-16)14-12(17)10(2)15-13(18)11-6-4-3-5-7-11/h3-7,9-10,16H,8H2,1-2H3,(H,14,17)(H,15,18)/t9-,10?/m0/s1. The second kappa shape index (κ2) is 6.76. The Bertz CT molecular complexity index is 406. The Morgan fingerprint density at radius 1 is 1.17 bits per heavy atom. The number of amides is 2. The Balaban J connectivity index is 2.52. The van der Waals surface area contributed by atoms with Crippen LogP contribution >= 0.6 is 0 Å². The zero-order valence-corrected chi connectivity index (χ0v) is 10.5. The predicted octanol–water partition coefficient (Wildman–Crippen LogP) is 0.302. The zero-order valence-electron chi connectivity index (χ0n) is 10.5. The van der Waals surface area contributed by atoms with Crippen molar-refractivity contribution in [2.24, 2.45) is 0 Å². The van der Waals surface area contributed by atoms with Crippen LogP contribution < -0.4 is 10.6 Å². The lowest BCUT2D eigenvalue weighted by Crippen LogP contribution is -2.48. The quantitative estimate of drug-likeness (QED) is 0.703. The van der Waals surface area contributed by atoms with Gasteiger partial charge in [-0.1, -0.05) is 18.2 Å². The van der Waals surface area contributed by atoms with Gasteiger partial charge in [-0.15, -0.1) is 0 Å². The maximum absolute atomic E-state index is 11.8. The van der Waals surface area contributed by atoms with Crippen molar-refractivity contribution in [2.45, 2.75) is 25.9 Å². The summed E-state index contributed by atoms with van der Waals surface area (Å²) < 4.78 is 0. The fourth-order valence-electron chi connectivity index (χ4n) is 1.35. The summed E-state index contributed by atoms with van der Waals surface area (Å²) in [6.45, 7) is 3.15. The largest absolute Gasteiger partial charge is 0.394 e. The first-order valence-corrected chi connectivity index (χ1v) is 5.81. The number of hydrogen-bond acceptors (Lipinski definition) is 3. The third kappa shape index (κ3) is 4.18. The van der Waals surface area contributed by atoms with E-state index in [-0.39, 0.29) is 24.5 Å². The Hall–Kier alpha value is -1.88. The van der Waals surface area contributed by atoms with Crippen molar-refractivity contribution >= 4 is 11.8 Å². The third-order valence-corrected chi connectivity index (χ3v) is 2.44. The topological polar surface area (TPSA) is 78.4 Å². The van der Waals surface area contributed by atoms with E-state index in [2.05, 4.69) is 10.6 Å². The fraction of sp³-hybridized carbons (Fsp3) is 0.385. The molecule has 1 aromatic rings.